The first-order valence-corrected chi connectivity index (χ1v) is 8.39. The molecule has 0 amide bonds. The Labute approximate surface area is 132 Å². The van der Waals surface area contributed by atoms with Gasteiger partial charge in [-0.15, -0.1) is 0 Å². The summed E-state index contributed by atoms with van der Waals surface area (Å²) in [5, 5.41) is 4.41. The monoisotopic (exact) mass is 308 g/mol. The van der Waals surface area contributed by atoms with Crippen LogP contribution in [0.1, 0.15) is 37.3 Å². The fraction of sp³-hybridized carbons (Fsp3) is 0.647. The van der Waals surface area contributed by atoms with E-state index in [1.54, 1.807) is 0 Å². The third-order valence-corrected chi connectivity index (χ3v) is 5.35. The Hall–Kier alpha value is -0.610. The lowest BCUT2D eigenvalue weighted by molar-refractivity contribution is -0.0354. The predicted molar refractivity (Wildman–Crippen MR) is 86.8 cm³/mol. The van der Waals surface area contributed by atoms with Gasteiger partial charge in [-0.25, -0.2) is 0 Å². The summed E-state index contributed by atoms with van der Waals surface area (Å²) in [5.74, 6) is 0. The fourth-order valence-corrected chi connectivity index (χ4v) is 4.41. The number of nitrogens with zero attached hydrogens (tertiary/aromatic N) is 1. The minimum Gasteiger partial charge on any atom is -0.379 e. The SMILES string of the molecule is CNC(c1cccc(Cl)c1)C1(N2CCOCC2)CCCC1. The van der Waals surface area contributed by atoms with E-state index in [1.165, 1.54) is 31.2 Å². The number of halogens is 1. The number of hydrogen-bond donors (Lipinski definition) is 1. The molecule has 21 heavy (non-hydrogen) atoms. The number of hydrogen-bond acceptors (Lipinski definition) is 3. The highest BCUT2D eigenvalue weighted by Crippen LogP contribution is 2.45. The van der Waals surface area contributed by atoms with E-state index in [-0.39, 0.29) is 5.54 Å². The second-order valence-electron chi connectivity index (χ2n) is 6.19. The molecule has 0 bridgehead atoms. The topological polar surface area (TPSA) is 24.5 Å². The van der Waals surface area contributed by atoms with Crippen LogP contribution in [0.5, 0.6) is 0 Å². The Morgan fingerprint density at radius 3 is 2.57 bits per heavy atom. The first-order valence-electron chi connectivity index (χ1n) is 8.02. The summed E-state index contributed by atoms with van der Waals surface area (Å²) in [7, 11) is 2.08. The van der Waals surface area contributed by atoms with Crippen LogP contribution in [0.15, 0.2) is 24.3 Å². The molecule has 3 nitrogen and oxygen atoms in total. The summed E-state index contributed by atoms with van der Waals surface area (Å²) in [6.45, 7) is 3.79. The molecule has 2 fully saturated rings. The van der Waals surface area contributed by atoms with Crippen LogP contribution >= 0.6 is 11.6 Å². The Bertz CT molecular complexity index is 468. The summed E-state index contributed by atoms with van der Waals surface area (Å²) in [5.41, 5.74) is 1.52. The summed E-state index contributed by atoms with van der Waals surface area (Å²) in [6.07, 6.45) is 5.14. The minimum atomic E-state index is 0.212. The van der Waals surface area contributed by atoms with Crippen LogP contribution in [0.2, 0.25) is 5.02 Å². The molecule has 1 heterocycles. The number of benzene rings is 1. The van der Waals surface area contributed by atoms with Gasteiger partial charge in [0.15, 0.2) is 0 Å². The first kappa shape index (κ1) is 15.3. The van der Waals surface area contributed by atoms with Crippen LogP contribution in [-0.2, 0) is 4.74 Å². The molecule has 1 aromatic rings. The molecule has 1 aromatic carbocycles. The van der Waals surface area contributed by atoms with Gasteiger partial charge in [0.1, 0.15) is 0 Å². The molecule has 4 heteroatoms. The van der Waals surface area contributed by atoms with Gasteiger partial charge in [-0.2, -0.15) is 0 Å². The van der Waals surface area contributed by atoms with Gasteiger partial charge in [0.2, 0.25) is 0 Å². The van der Waals surface area contributed by atoms with Crippen LogP contribution in [-0.4, -0.2) is 43.8 Å². The Kier molecular flexibility index (Phi) is 4.85. The average Bonchev–Trinajstić information content (AvgIpc) is 3.00. The lowest BCUT2D eigenvalue weighted by Crippen LogP contribution is -2.57. The normalized spacial score (nSPS) is 24.1. The van der Waals surface area contributed by atoms with Gasteiger partial charge in [0.25, 0.3) is 0 Å². The van der Waals surface area contributed by atoms with Gasteiger partial charge in [0, 0.05) is 23.7 Å². The maximum atomic E-state index is 6.22. The van der Waals surface area contributed by atoms with E-state index in [0.29, 0.717) is 6.04 Å². The van der Waals surface area contributed by atoms with Crippen molar-refractivity contribution in [3.05, 3.63) is 34.9 Å². The van der Waals surface area contributed by atoms with Crippen molar-refractivity contribution in [2.45, 2.75) is 37.3 Å². The molecule has 1 unspecified atom stereocenters. The third kappa shape index (κ3) is 2.98. The van der Waals surface area contributed by atoms with Gasteiger partial charge >= 0.3 is 0 Å². The van der Waals surface area contributed by atoms with Gasteiger partial charge in [-0.05, 0) is 37.6 Å². The van der Waals surface area contributed by atoms with Crippen molar-refractivity contribution in [1.29, 1.82) is 0 Å². The lowest BCUT2D eigenvalue weighted by Gasteiger charge is -2.48. The Morgan fingerprint density at radius 1 is 1.24 bits per heavy atom. The van der Waals surface area contributed by atoms with E-state index < -0.39 is 0 Å². The zero-order chi connectivity index (χ0) is 14.7. The van der Waals surface area contributed by atoms with Gasteiger partial charge < -0.3 is 10.1 Å². The number of likely N-dealkylation sites (N-methyl/N-ethyl adjacent to an activating group) is 1. The zero-order valence-electron chi connectivity index (χ0n) is 12.8. The van der Waals surface area contributed by atoms with Crippen molar-refractivity contribution < 1.29 is 4.74 Å². The van der Waals surface area contributed by atoms with E-state index in [0.717, 1.165) is 31.3 Å². The van der Waals surface area contributed by atoms with Crippen LogP contribution in [0.3, 0.4) is 0 Å². The van der Waals surface area contributed by atoms with Crippen molar-refractivity contribution in [3.63, 3.8) is 0 Å². The van der Waals surface area contributed by atoms with Crippen LogP contribution in [0.4, 0.5) is 0 Å². The molecular formula is C17H25ClN2O. The van der Waals surface area contributed by atoms with Crippen molar-refractivity contribution in [3.8, 4) is 0 Å². The second kappa shape index (κ2) is 6.66. The highest BCUT2D eigenvalue weighted by atomic mass is 35.5. The molecule has 1 aliphatic heterocycles. The molecule has 116 valence electrons. The summed E-state index contributed by atoms with van der Waals surface area (Å²) in [4.78, 5) is 2.66. The first-order chi connectivity index (χ1) is 10.3. The maximum Gasteiger partial charge on any atom is 0.0594 e. The van der Waals surface area contributed by atoms with Gasteiger partial charge in [-0.1, -0.05) is 36.6 Å². The van der Waals surface area contributed by atoms with Gasteiger partial charge in [0.05, 0.1) is 19.3 Å². The molecule has 3 rings (SSSR count). The van der Waals surface area contributed by atoms with Crippen LogP contribution in [0, 0.1) is 0 Å². The molecule has 1 saturated heterocycles. The van der Waals surface area contributed by atoms with Crippen LogP contribution in [0.25, 0.3) is 0 Å². The number of nitrogens with one attached hydrogen (secondary N) is 1. The zero-order valence-corrected chi connectivity index (χ0v) is 13.5. The van der Waals surface area contributed by atoms with E-state index in [9.17, 15) is 0 Å². The summed E-state index contributed by atoms with van der Waals surface area (Å²) in [6, 6.07) is 8.66. The molecular weight excluding hydrogens is 284 g/mol. The molecule has 0 aromatic heterocycles. The van der Waals surface area contributed by atoms with E-state index in [4.69, 9.17) is 16.3 Å². The largest absolute Gasteiger partial charge is 0.379 e. The predicted octanol–water partition coefficient (Wildman–Crippen LogP) is 3.25. The van der Waals surface area contributed by atoms with Crippen molar-refractivity contribution in [1.82, 2.24) is 10.2 Å². The van der Waals surface area contributed by atoms with Crippen molar-refractivity contribution in [2.75, 3.05) is 33.4 Å². The van der Waals surface area contributed by atoms with Crippen molar-refractivity contribution >= 4 is 11.6 Å². The Balaban J connectivity index is 1.93. The third-order valence-electron chi connectivity index (χ3n) is 5.12. The smallest absolute Gasteiger partial charge is 0.0594 e. The summed E-state index contributed by atoms with van der Waals surface area (Å²) < 4.78 is 5.56. The fourth-order valence-electron chi connectivity index (χ4n) is 4.22. The van der Waals surface area contributed by atoms with Crippen LogP contribution < -0.4 is 5.32 Å². The molecule has 1 saturated carbocycles. The number of morpholine rings is 1. The molecule has 0 spiro atoms. The molecule has 1 N–H and O–H groups in total. The molecule has 1 aliphatic carbocycles. The second-order valence-corrected chi connectivity index (χ2v) is 6.62. The van der Waals surface area contributed by atoms with E-state index in [1.807, 2.05) is 6.07 Å². The molecule has 0 radical (unpaired) electrons. The quantitative estimate of drug-likeness (QED) is 0.924. The maximum absolute atomic E-state index is 6.22. The standard InChI is InChI=1S/C17H25ClN2O/c1-19-16(14-5-4-6-15(18)13-14)17(7-2-3-8-17)20-9-11-21-12-10-20/h4-6,13,16,19H,2-3,7-12H2,1H3. The summed E-state index contributed by atoms with van der Waals surface area (Å²) >= 11 is 6.22. The Morgan fingerprint density at radius 2 is 1.95 bits per heavy atom. The van der Waals surface area contributed by atoms with E-state index >= 15 is 0 Å². The minimum absolute atomic E-state index is 0.212. The van der Waals surface area contributed by atoms with E-state index in [2.05, 4.69) is 35.5 Å². The average molecular weight is 309 g/mol. The molecule has 1 atom stereocenters. The number of rotatable bonds is 4. The van der Waals surface area contributed by atoms with Gasteiger partial charge in [-0.3, -0.25) is 4.90 Å². The number of ether oxygens (including phenoxy) is 1. The highest BCUT2D eigenvalue weighted by molar-refractivity contribution is 6.30. The molecule has 2 aliphatic rings. The lowest BCUT2D eigenvalue weighted by atomic mass is 9.81. The van der Waals surface area contributed by atoms with Crippen molar-refractivity contribution in [2.24, 2.45) is 0 Å². The highest BCUT2D eigenvalue weighted by Gasteiger charge is 2.46.